The predicted molar refractivity (Wildman–Crippen MR) is 147 cm³/mol. The largest absolute Gasteiger partial charge is 0.468 e. The van der Waals surface area contributed by atoms with Crippen LogP contribution in [0.25, 0.3) is 0 Å². The topological polar surface area (TPSA) is 138 Å². The van der Waals surface area contributed by atoms with Gasteiger partial charge in [-0.25, -0.2) is 0 Å². The fraction of sp³-hybridized carbons (Fsp3) is 0.269. The van der Waals surface area contributed by atoms with Gasteiger partial charge >= 0.3 is 0 Å². The SMILES string of the molecule is CC1(C)CC(=O)C2=C(C1)N(c1nnc(SCC(=O)Nc3ccccc3Cl)s1)C(N)=C(C#N)C2c1ccco1. The van der Waals surface area contributed by atoms with Crippen LogP contribution in [0.1, 0.15) is 38.4 Å². The first kappa shape index (κ1) is 26.0. The molecule has 2 aromatic heterocycles. The van der Waals surface area contributed by atoms with Crippen LogP contribution in [0.5, 0.6) is 0 Å². The zero-order valence-corrected chi connectivity index (χ0v) is 22.9. The molecular weight excluding hydrogens is 544 g/mol. The Balaban J connectivity index is 1.45. The molecule has 0 saturated heterocycles. The predicted octanol–water partition coefficient (Wildman–Crippen LogP) is 5.46. The number of furan rings is 1. The maximum Gasteiger partial charge on any atom is 0.234 e. The van der Waals surface area contributed by atoms with Gasteiger partial charge in [-0.3, -0.25) is 14.5 Å². The zero-order valence-electron chi connectivity index (χ0n) is 20.5. The Morgan fingerprint density at radius 2 is 2.11 bits per heavy atom. The van der Waals surface area contributed by atoms with E-state index >= 15 is 0 Å². The minimum Gasteiger partial charge on any atom is -0.468 e. The van der Waals surface area contributed by atoms with Crippen molar-refractivity contribution in [3.05, 3.63) is 76.1 Å². The first-order valence-electron chi connectivity index (χ1n) is 11.7. The summed E-state index contributed by atoms with van der Waals surface area (Å²) >= 11 is 8.57. The quantitative estimate of drug-likeness (QED) is 0.372. The fourth-order valence-corrected chi connectivity index (χ4v) is 6.56. The third-order valence-corrected chi connectivity index (χ3v) is 8.64. The van der Waals surface area contributed by atoms with Gasteiger partial charge in [0.25, 0.3) is 0 Å². The van der Waals surface area contributed by atoms with Gasteiger partial charge in [-0.05, 0) is 36.1 Å². The minimum atomic E-state index is -0.680. The molecule has 1 aliphatic carbocycles. The number of nitrogens with zero attached hydrogens (tertiary/aromatic N) is 4. The highest BCUT2D eigenvalue weighted by Crippen LogP contribution is 2.50. The number of hydrogen-bond acceptors (Lipinski definition) is 10. The Morgan fingerprint density at radius 1 is 1.32 bits per heavy atom. The monoisotopic (exact) mass is 566 g/mol. The highest BCUT2D eigenvalue weighted by molar-refractivity contribution is 8.01. The van der Waals surface area contributed by atoms with E-state index in [1.807, 2.05) is 13.8 Å². The van der Waals surface area contributed by atoms with Crippen LogP contribution in [0.3, 0.4) is 0 Å². The summed E-state index contributed by atoms with van der Waals surface area (Å²) in [6, 6.07) is 12.7. The Hall–Kier alpha value is -3.59. The molecule has 1 unspecified atom stereocenters. The third-order valence-electron chi connectivity index (χ3n) is 6.27. The number of carbonyl (C=O) groups is 2. The molecule has 0 bridgehead atoms. The number of aromatic nitrogens is 2. The van der Waals surface area contributed by atoms with Crippen molar-refractivity contribution in [3.8, 4) is 6.07 Å². The van der Waals surface area contributed by atoms with Gasteiger partial charge in [-0.1, -0.05) is 60.7 Å². The smallest absolute Gasteiger partial charge is 0.234 e. The van der Waals surface area contributed by atoms with E-state index in [2.05, 4.69) is 21.6 Å². The summed E-state index contributed by atoms with van der Waals surface area (Å²) in [5.41, 5.74) is 8.20. The van der Waals surface area contributed by atoms with Crippen LogP contribution in [0.4, 0.5) is 10.8 Å². The molecule has 3 aromatic rings. The molecule has 0 spiro atoms. The van der Waals surface area contributed by atoms with E-state index in [4.69, 9.17) is 21.8 Å². The number of rotatable bonds is 6. The summed E-state index contributed by atoms with van der Waals surface area (Å²) in [7, 11) is 0. The van der Waals surface area contributed by atoms with E-state index in [0.717, 1.165) is 0 Å². The molecule has 1 aliphatic heterocycles. The van der Waals surface area contributed by atoms with Crippen molar-refractivity contribution < 1.29 is 14.0 Å². The lowest BCUT2D eigenvalue weighted by Crippen LogP contribution is -2.42. The molecule has 1 aromatic carbocycles. The van der Waals surface area contributed by atoms with Crippen LogP contribution < -0.4 is 16.0 Å². The second kappa shape index (κ2) is 10.3. The number of nitriles is 1. The van der Waals surface area contributed by atoms with E-state index in [-0.39, 0.29) is 34.3 Å². The van der Waals surface area contributed by atoms with Crippen molar-refractivity contribution in [1.82, 2.24) is 10.2 Å². The summed E-state index contributed by atoms with van der Waals surface area (Å²) < 4.78 is 6.17. The van der Waals surface area contributed by atoms with E-state index in [9.17, 15) is 14.9 Å². The zero-order chi connectivity index (χ0) is 27.0. The van der Waals surface area contributed by atoms with Crippen molar-refractivity contribution in [2.45, 2.75) is 36.9 Å². The number of anilines is 2. The lowest BCUT2D eigenvalue weighted by Gasteiger charge is -2.42. The summed E-state index contributed by atoms with van der Waals surface area (Å²) in [5.74, 6) is -0.215. The molecular formula is C26H23ClN6O3S2. The first-order valence-corrected chi connectivity index (χ1v) is 13.9. The Kier molecular flexibility index (Phi) is 7.05. The maximum atomic E-state index is 13.5. The molecule has 1 amide bonds. The number of nitrogens with two attached hydrogens (primary N) is 1. The number of benzene rings is 1. The van der Waals surface area contributed by atoms with Crippen LogP contribution in [-0.2, 0) is 9.59 Å². The standard InChI is InChI=1S/C26H23ClN6O3S2/c1-26(2)10-17-22(18(34)11-26)21(19-8-5-9-36-19)14(12-28)23(29)33(17)24-31-32-25(38-24)37-13-20(35)30-16-7-4-3-6-15(16)27/h3-9,21H,10-11,13,29H2,1-2H3,(H,30,35). The van der Waals surface area contributed by atoms with Crippen LogP contribution in [0, 0.1) is 16.7 Å². The Bertz CT molecular complexity index is 1520. The van der Waals surface area contributed by atoms with Gasteiger partial charge in [-0.15, -0.1) is 10.2 Å². The number of ketones is 1. The number of para-hydroxylation sites is 1. The van der Waals surface area contributed by atoms with Gasteiger partial charge in [0.2, 0.25) is 11.0 Å². The van der Waals surface area contributed by atoms with Crippen LogP contribution in [0.15, 0.2) is 74.1 Å². The van der Waals surface area contributed by atoms with Crippen molar-refractivity contribution in [2.75, 3.05) is 16.0 Å². The van der Waals surface area contributed by atoms with Crippen LogP contribution in [0.2, 0.25) is 5.02 Å². The molecule has 0 fully saturated rings. The van der Waals surface area contributed by atoms with Crippen molar-refractivity contribution in [1.29, 1.82) is 5.26 Å². The molecule has 0 saturated carbocycles. The van der Waals surface area contributed by atoms with E-state index in [0.29, 0.717) is 50.1 Å². The van der Waals surface area contributed by atoms with Crippen molar-refractivity contribution >= 4 is 57.2 Å². The van der Waals surface area contributed by atoms with E-state index in [1.54, 1.807) is 41.3 Å². The Labute approximate surface area is 232 Å². The van der Waals surface area contributed by atoms with Gasteiger partial charge < -0.3 is 15.5 Å². The normalized spacial score (nSPS) is 18.8. The summed E-state index contributed by atoms with van der Waals surface area (Å²) in [6.07, 6.45) is 2.40. The van der Waals surface area contributed by atoms with Crippen molar-refractivity contribution in [2.24, 2.45) is 11.1 Å². The number of thioether (sulfide) groups is 1. The summed E-state index contributed by atoms with van der Waals surface area (Å²) in [5, 5.41) is 22.3. The average molecular weight is 567 g/mol. The van der Waals surface area contributed by atoms with Gasteiger partial charge in [0, 0.05) is 17.7 Å². The average Bonchev–Trinajstić information content (AvgIpc) is 3.55. The lowest BCUT2D eigenvalue weighted by molar-refractivity contribution is -0.118. The van der Waals surface area contributed by atoms with Crippen LogP contribution in [-0.4, -0.2) is 27.6 Å². The molecule has 3 N–H and O–H groups in total. The molecule has 1 atom stereocenters. The molecule has 194 valence electrons. The van der Waals surface area contributed by atoms with E-state index < -0.39 is 5.92 Å². The molecule has 3 heterocycles. The highest BCUT2D eigenvalue weighted by Gasteiger charge is 2.46. The van der Waals surface area contributed by atoms with Gasteiger partial charge in [0.05, 0.1) is 40.3 Å². The molecule has 9 nitrogen and oxygen atoms in total. The van der Waals surface area contributed by atoms with Gasteiger partial charge in [-0.2, -0.15) is 5.26 Å². The molecule has 2 aliphatic rings. The van der Waals surface area contributed by atoms with E-state index in [1.165, 1.54) is 29.4 Å². The number of Topliss-reactive ketones (excluding diaryl/α,β-unsaturated/α-hetero) is 1. The number of hydrogen-bond donors (Lipinski definition) is 2. The number of nitrogens with one attached hydrogen (secondary N) is 1. The molecule has 5 rings (SSSR count). The van der Waals surface area contributed by atoms with Gasteiger partial charge in [0.1, 0.15) is 11.6 Å². The summed E-state index contributed by atoms with van der Waals surface area (Å²) in [6.45, 7) is 4.04. The first-order chi connectivity index (χ1) is 18.2. The second-order valence-electron chi connectivity index (χ2n) is 9.66. The van der Waals surface area contributed by atoms with Gasteiger partial charge in [0.15, 0.2) is 10.1 Å². The van der Waals surface area contributed by atoms with Crippen molar-refractivity contribution in [3.63, 3.8) is 0 Å². The molecule has 38 heavy (non-hydrogen) atoms. The Morgan fingerprint density at radius 3 is 2.82 bits per heavy atom. The second-order valence-corrected chi connectivity index (χ2v) is 12.2. The lowest BCUT2D eigenvalue weighted by atomic mass is 9.69. The fourth-order valence-electron chi connectivity index (χ4n) is 4.69. The molecule has 0 radical (unpaired) electrons. The number of amides is 1. The maximum absolute atomic E-state index is 13.5. The number of halogens is 1. The highest BCUT2D eigenvalue weighted by atomic mass is 35.5. The molecule has 12 heteroatoms. The minimum absolute atomic E-state index is 0.0572. The van der Waals surface area contributed by atoms with Crippen LogP contribution >= 0.6 is 34.7 Å². The third kappa shape index (κ3) is 4.95. The number of allylic oxidation sites excluding steroid dienone is 3. The summed E-state index contributed by atoms with van der Waals surface area (Å²) in [4.78, 5) is 27.6. The number of carbonyl (C=O) groups excluding carboxylic acids is 2.